The van der Waals surface area contributed by atoms with E-state index in [-0.39, 0.29) is 0 Å². The summed E-state index contributed by atoms with van der Waals surface area (Å²) in [7, 11) is 0. The number of rotatable bonds is 4. The van der Waals surface area contributed by atoms with Crippen LogP contribution < -0.4 is 5.32 Å². The van der Waals surface area contributed by atoms with E-state index in [1.807, 2.05) is 11.3 Å². The lowest BCUT2D eigenvalue weighted by Crippen LogP contribution is -2.04. The van der Waals surface area contributed by atoms with E-state index in [4.69, 9.17) is 0 Å². The van der Waals surface area contributed by atoms with Crippen LogP contribution in [0.4, 0.5) is 5.69 Å². The van der Waals surface area contributed by atoms with Gasteiger partial charge < -0.3 is 5.32 Å². The highest BCUT2D eigenvalue weighted by Gasteiger charge is 2.06. The summed E-state index contributed by atoms with van der Waals surface area (Å²) in [5, 5.41) is 3.61. The summed E-state index contributed by atoms with van der Waals surface area (Å²) in [6.07, 6.45) is 1.08. The van der Waals surface area contributed by atoms with Crippen molar-refractivity contribution < 1.29 is 0 Å². The summed E-state index contributed by atoms with van der Waals surface area (Å²) in [6.45, 7) is 9.68. The average Bonchev–Trinajstić information content (AvgIpc) is 2.66. The van der Waals surface area contributed by atoms with Gasteiger partial charge in [-0.3, -0.25) is 0 Å². The molecule has 2 heteroatoms. The van der Waals surface area contributed by atoms with Crippen LogP contribution in [0.15, 0.2) is 24.3 Å². The molecule has 0 saturated heterocycles. The summed E-state index contributed by atoms with van der Waals surface area (Å²) in [6, 6.07) is 8.81. The van der Waals surface area contributed by atoms with Crippen LogP contribution in [-0.2, 0) is 13.0 Å². The molecule has 0 radical (unpaired) electrons. The van der Waals surface area contributed by atoms with Crippen LogP contribution in [0.25, 0.3) is 0 Å². The smallest absolute Gasteiger partial charge is 0.0411 e. The molecule has 0 bridgehead atoms. The van der Waals surface area contributed by atoms with Gasteiger partial charge >= 0.3 is 0 Å². The first kappa shape index (κ1) is 13.2. The Morgan fingerprint density at radius 2 is 1.89 bits per heavy atom. The molecule has 1 N–H and O–H groups in total. The van der Waals surface area contributed by atoms with E-state index in [1.165, 1.54) is 32.1 Å². The van der Waals surface area contributed by atoms with E-state index >= 15 is 0 Å². The molecule has 2 aromatic rings. The first-order chi connectivity index (χ1) is 8.61. The van der Waals surface area contributed by atoms with Gasteiger partial charge in [0.15, 0.2) is 0 Å². The van der Waals surface area contributed by atoms with Crippen LogP contribution in [0.3, 0.4) is 0 Å². The highest BCUT2D eigenvalue weighted by Crippen LogP contribution is 2.25. The Labute approximate surface area is 114 Å². The molecule has 1 aromatic carbocycles. The van der Waals surface area contributed by atoms with Crippen molar-refractivity contribution >= 4 is 17.0 Å². The Morgan fingerprint density at radius 3 is 2.50 bits per heavy atom. The van der Waals surface area contributed by atoms with Gasteiger partial charge in [-0.15, -0.1) is 11.3 Å². The van der Waals surface area contributed by atoms with E-state index < -0.39 is 0 Å². The number of benzene rings is 1. The molecule has 1 heterocycles. The summed E-state index contributed by atoms with van der Waals surface area (Å²) < 4.78 is 0. The van der Waals surface area contributed by atoms with E-state index in [1.54, 1.807) is 0 Å². The number of hydrogen-bond acceptors (Lipinski definition) is 2. The lowest BCUT2D eigenvalue weighted by Gasteiger charge is -2.13. The second kappa shape index (κ2) is 5.57. The molecular weight excluding hydrogens is 238 g/mol. The average molecular weight is 259 g/mol. The van der Waals surface area contributed by atoms with Gasteiger partial charge in [-0.1, -0.05) is 25.1 Å². The quantitative estimate of drug-likeness (QED) is 0.827. The molecular formula is C16H21NS. The van der Waals surface area contributed by atoms with Crippen molar-refractivity contribution in [3.05, 3.63) is 50.7 Å². The molecule has 0 aliphatic heterocycles. The van der Waals surface area contributed by atoms with Gasteiger partial charge in [0.25, 0.3) is 0 Å². The van der Waals surface area contributed by atoms with Gasteiger partial charge in [0, 0.05) is 22.0 Å². The third-order valence-electron chi connectivity index (χ3n) is 3.34. The highest BCUT2D eigenvalue weighted by molar-refractivity contribution is 7.12. The second-order valence-corrected chi connectivity index (χ2v) is 6.22. The summed E-state index contributed by atoms with van der Waals surface area (Å²) in [5.74, 6) is 0. The third-order valence-corrected chi connectivity index (χ3v) is 4.35. The van der Waals surface area contributed by atoms with Crippen molar-refractivity contribution in [2.45, 2.75) is 40.7 Å². The van der Waals surface area contributed by atoms with Crippen LogP contribution in [0.2, 0.25) is 0 Å². The monoisotopic (exact) mass is 259 g/mol. The summed E-state index contributed by atoms with van der Waals surface area (Å²) >= 11 is 1.88. The predicted octanol–water partition coefficient (Wildman–Crippen LogP) is 4.85. The van der Waals surface area contributed by atoms with E-state index in [9.17, 15) is 0 Å². The van der Waals surface area contributed by atoms with Crippen molar-refractivity contribution in [1.82, 2.24) is 0 Å². The van der Waals surface area contributed by atoms with Gasteiger partial charge in [0.2, 0.25) is 0 Å². The zero-order valence-corrected chi connectivity index (χ0v) is 12.4. The summed E-state index contributed by atoms with van der Waals surface area (Å²) in [5.41, 5.74) is 5.46. The Morgan fingerprint density at radius 1 is 1.11 bits per heavy atom. The second-order valence-electron chi connectivity index (χ2n) is 4.75. The lowest BCUT2D eigenvalue weighted by molar-refractivity contribution is 1.08. The first-order valence-corrected chi connectivity index (χ1v) is 7.31. The van der Waals surface area contributed by atoms with E-state index in [0.29, 0.717) is 0 Å². The van der Waals surface area contributed by atoms with Crippen molar-refractivity contribution in [2.24, 2.45) is 0 Å². The van der Waals surface area contributed by atoms with Crippen LogP contribution in [0.5, 0.6) is 0 Å². The molecule has 0 fully saturated rings. The molecule has 1 nitrogen and oxygen atoms in total. The molecule has 0 amide bonds. The molecule has 18 heavy (non-hydrogen) atoms. The maximum atomic E-state index is 3.61. The molecule has 0 aliphatic carbocycles. The summed E-state index contributed by atoms with van der Waals surface area (Å²) in [4.78, 5) is 2.82. The zero-order chi connectivity index (χ0) is 13.1. The number of anilines is 1. The Kier molecular flexibility index (Phi) is 4.07. The molecule has 0 spiro atoms. The van der Waals surface area contributed by atoms with Crippen LogP contribution >= 0.6 is 11.3 Å². The maximum Gasteiger partial charge on any atom is 0.0411 e. The van der Waals surface area contributed by atoms with Gasteiger partial charge in [-0.25, -0.2) is 0 Å². The minimum absolute atomic E-state index is 0.925. The normalized spacial score (nSPS) is 10.7. The standard InChI is InChI=1S/C16H21NS/c1-5-14-8-6-7-11(2)16(14)17-10-15-9-12(3)18-13(15)4/h6-9,17H,5,10H2,1-4H3. The van der Waals surface area contributed by atoms with E-state index in [0.717, 1.165) is 13.0 Å². The fraction of sp³-hybridized carbons (Fsp3) is 0.375. The van der Waals surface area contributed by atoms with Crippen molar-refractivity contribution in [3.63, 3.8) is 0 Å². The van der Waals surface area contributed by atoms with Crippen LogP contribution in [0, 0.1) is 20.8 Å². The van der Waals surface area contributed by atoms with E-state index in [2.05, 4.69) is 57.3 Å². The van der Waals surface area contributed by atoms with Crippen molar-refractivity contribution in [3.8, 4) is 0 Å². The fourth-order valence-corrected chi connectivity index (χ4v) is 3.27. The Bertz CT molecular complexity index is 540. The maximum absolute atomic E-state index is 3.61. The molecule has 96 valence electrons. The van der Waals surface area contributed by atoms with Gasteiger partial charge in [0.05, 0.1) is 0 Å². The molecule has 0 atom stereocenters. The number of para-hydroxylation sites is 1. The lowest BCUT2D eigenvalue weighted by atomic mass is 10.1. The van der Waals surface area contributed by atoms with Crippen molar-refractivity contribution in [1.29, 1.82) is 0 Å². The first-order valence-electron chi connectivity index (χ1n) is 6.50. The highest BCUT2D eigenvalue weighted by atomic mass is 32.1. The predicted molar refractivity (Wildman–Crippen MR) is 81.7 cm³/mol. The largest absolute Gasteiger partial charge is 0.380 e. The molecule has 0 saturated carbocycles. The van der Waals surface area contributed by atoms with Crippen LogP contribution in [0.1, 0.15) is 33.4 Å². The van der Waals surface area contributed by atoms with Gasteiger partial charge in [-0.2, -0.15) is 0 Å². The number of hydrogen-bond donors (Lipinski definition) is 1. The Balaban J connectivity index is 2.17. The molecule has 2 rings (SSSR count). The number of thiophene rings is 1. The number of aryl methyl sites for hydroxylation is 4. The van der Waals surface area contributed by atoms with Gasteiger partial charge in [0.1, 0.15) is 0 Å². The zero-order valence-electron chi connectivity index (χ0n) is 11.6. The fourth-order valence-electron chi connectivity index (χ4n) is 2.32. The number of nitrogens with one attached hydrogen (secondary N) is 1. The third kappa shape index (κ3) is 2.75. The minimum atomic E-state index is 0.925. The molecule has 1 aromatic heterocycles. The minimum Gasteiger partial charge on any atom is -0.380 e. The van der Waals surface area contributed by atoms with Gasteiger partial charge in [-0.05, 0) is 49.9 Å². The van der Waals surface area contributed by atoms with Crippen molar-refractivity contribution in [2.75, 3.05) is 5.32 Å². The topological polar surface area (TPSA) is 12.0 Å². The molecule has 0 unspecified atom stereocenters. The molecule has 0 aliphatic rings. The Hall–Kier alpha value is -1.28. The SMILES string of the molecule is CCc1cccc(C)c1NCc1cc(C)sc1C. The van der Waals surface area contributed by atoms with Crippen LogP contribution in [-0.4, -0.2) is 0 Å².